The highest BCUT2D eigenvalue weighted by molar-refractivity contribution is 5.82. The number of aliphatic hydroxyl groups is 3. The first-order chi connectivity index (χ1) is 14.0. The standard InChI is InChI=1S/C18H19N5O6/c24-11-12(25)14(18(27)28)29-17(13(11)26)23-8-22-10-15(20-7-21-16(10)23)19-6-9-4-2-1-3-5-9/h1-5,7-8,11-14,17,24-26H,6H2,(H,27,28)(H,19,20,21)/t11-,12-,13+,14-,17+/m0/s1. The Morgan fingerprint density at radius 1 is 1.07 bits per heavy atom. The second-order valence-corrected chi connectivity index (χ2v) is 6.64. The Morgan fingerprint density at radius 2 is 1.83 bits per heavy atom. The molecule has 1 aromatic carbocycles. The van der Waals surface area contributed by atoms with Crippen molar-refractivity contribution in [2.45, 2.75) is 37.2 Å². The molecule has 11 nitrogen and oxygen atoms in total. The highest BCUT2D eigenvalue weighted by Crippen LogP contribution is 2.31. The van der Waals surface area contributed by atoms with Crippen LogP contribution in [0.1, 0.15) is 11.8 Å². The fourth-order valence-corrected chi connectivity index (χ4v) is 3.24. The second-order valence-electron chi connectivity index (χ2n) is 6.64. The van der Waals surface area contributed by atoms with E-state index in [2.05, 4.69) is 20.3 Å². The van der Waals surface area contributed by atoms with E-state index in [4.69, 9.17) is 4.74 Å². The molecular weight excluding hydrogens is 382 g/mol. The van der Waals surface area contributed by atoms with E-state index in [0.29, 0.717) is 17.9 Å². The second kappa shape index (κ2) is 7.72. The van der Waals surface area contributed by atoms with E-state index in [0.717, 1.165) is 5.56 Å². The van der Waals surface area contributed by atoms with Gasteiger partial charge in [0, 0.05) is 6.54 Å². The number of aromatic nitrogens is 4. The van der Waals surface area contributed by atoms with Crippen LogP contribution in [-0.2, 0) is 16.1 Å². The predicted molar refractivity (Wildman–Crippen MR) is 98.7 cm³/mol. The molecule has 1 aliphatic heterocycles. The van der Waals surface area contributed by atoms with E-state index in [1.165, 1.54) is 17.2 Å². The number of benzene rings is 1. The topological polar surface area (TPSA) is 163 Å². The van der Waals surface area contributed by atoms with Crippen LogP contribution in [0.15, 0.2) is 43.0 Å². The molecule has 0 aliphatic carbocycles. The van der Waals surface area contributed by atoms with Crippen LogP contribution in [0.3, 0.4) is 0 Å². The molecule has 2 aromatic heterocycles. The molecule has 1 aliphatic rings. The van der Waals surface area contributed by atoms with Crippen molar-refractivity contribution in [3.05, 3.63) is 48.5 Å². The number of anilines is 1. The van der Waals surface area contributed by atoms with Gasteiger partial charge in [-0.25, -0.2) is 19.7 Å². The van der Waals surface area contributed by atoms with Crippen molar-refractivity contribution in [2.75, 3.05) is 5.32 Å². The number of nitrogens with zero attached hydrogens (tertiary/aromatic N) is 4. The largest absolute Gasteiger partial charge is 0.479 e. The Bertz CT molecular complexity index is 1010. The van der Waals surface area contributed by atoms with Gasteiger partial charge in [0.05, 0.1) is 6.33 Å². The van der Waals surface area contributed by atoms with Gasteiger partial charge in [0.2, 0.25) is 0 Å². The number of aliphatic carboxylic acids is 1. The lowest BCUT2D eigenvalue weighted by Gasteiger charge is -2.39. The summed E-state index contributed by atoms with van der Waals surface area (Å²) in [6.07, 6.45) is -5.50. The van der Waals surface area contributed by atoms with Crippen molar-refractivity contribution in [1.29, 1.82) is 0 Å². The van der Waals surface area contributed by atoms with E-state index < -0.39 is 36.6 Å². The summed E-state index contributed by atoms with van der Waals surface area (Å²) >= 11 is 0. The predicted octanol–water partition coefficient (Wildman–Crippen LogP) is -0.497. The minimum Gasteiger partial charge on any atom is -0.479 e. The lowest BCUT2D eigenvalue weighted by atomic mass is 9.98. The van der Waals surface area contributed by atoms with Gasteiger partial charge in [0.1, 0.15) is 24.6 Å². The maximum absolute atomic E-state index is 11.3. The maximum Gasteiger partial charge on any atom is 0.335 e. The van der Waals surface area contributed by atoms with Gasteiger partial charge < -0.3 is 30.5 Å². The molecule has 29 heavy (non-hydrogen) atoms. The molecule has 0 saturated carbocycles. The van der Waals surface area contributed by atoms with Crippen molar-refractivity contribution >= 4 is 23.0 Å². The molecule has 0 amide bonds. The number of nitrogens with one attached hydrogen (secondary N) is 1. The van der Waals surface area contributed by atoms with Crippen LogP contribution >= 0.6 is 0 Å². The van der Waals surface area contributed by atoms with Gasteiger partial charge in [-0.05, 0) is 5.56 Å². The summed E-state index contributed by atoms with van der Waals surface area (Å²) in [5.41, 5.74) is 1.69. The maximum atomic E-state index is 11.3. The molecule has 0 unspecified atom stereocenters. The summed E-state index contributed by atoms with van der Waals surface area (Å²) < 4.78 is 6.65. The molecule has 3 heterocycles. The van der Waals surface area contributed by atoms with Gasteiger partial charge in [-0.3, -0.25) is 4.57 Å². The van der Waals surface area contributed by atoms with Crippen LogP contribution in [-0.4, -0.2) is 70.3 Å². The van der Waals surface area contributed by atoms with E-state index >= 15 is 0 Å². The van der Waals surface area contributed by atoms with Gasteiger partial charge >= 0.3 is 5.97 Å². The molecule has 0 bridgehead atoms. The monoisotopic (exact) mass is 401 g/mol. The fourth-order valence-electron chi connectivity index (χ4n) is 3.24. The smallest absolute Gasteiger partial charge is 0.335 e. The molecular formula is C18H19N5O6. The Labute approximate surface area is 164 Å². The first kappa shape index (κ1) is 19.2. The van der Waals surface area contributed by atoms with Gasteiger partial charge in [-0.15, -0.1) is 0 Å². The highest BCUT2D eigenvalue weighted by atomic mass is 16.6. The third-order valence-electron chi connectivity index (χ3n) is 4.77. The number of hydrogen-bond acceptors (Lipinski definition) is 9. The quantitative estimate of drug-likeness (QED) is 0.377. The average molecular weight is 401 g/mol. The van der Waals surface area contributed by atoms with E-state index in [9.17, 15) is 25.2 Å². The van der Waals surface area contributed by atoms with Crippen molar-refractivity contribution in [1.82, 2.24) is 19.5 Å². The minimum absolute atomic E-state index is 0.271. The van der Waals surface area contributed by atoms with E-state index in [1.807, 2.05) is 30.3 Å². The summed E-state index contributed by atoms with van der Waals surface area (Å²) in [4.78, 5) is 23.9. The third kappa shape index (κ3) is 3.51. The summed E-state index contributed by atoms with van der Waals surface area (Å²) in [5.74, 6) is -1.02. The molecule has 5 N–H and O–H groups in total. The van der Waals surface area contributed by atoms with Crippen LogP contribution in [0.25, 0.3) is 11.2 Å². The molecule has 4 rings (SSSR count). The summed E-state index contributed by atoms with van der Waals surface area (Å²) in [5, 5.41) is 42.6. The number of fused-ring (bicyclic) bond motifs is 1. The first-order valence-electron chi connectivity index (χ1n) is 8.85. The molecule has 1 saturated heterocycles. The van der Waals surface area contributed by atoms with Crippen molar-refractivity contribution < 1.29 is 30.0 Å². The number of hydrogen-bond donors (Lipinski definition) is 5. The SMILES string of the molecule is O=C(O)[C@H]1O[C@@H](n2cnc3c(NCc4ccccc4)ncnc32)[C@H](O)[C@@H](O)[C@@H]1O. The molecule has 3 aromatic rings. The molecule has 1 fully saturated rings. The molecule has 152 valence electrons. The van der Waals surface area contributed by atoms with Crippen LogP contribution in [0.4, 0.5) is 5.82 Å². The number of aliphatic hydroxyl groups excluding tert-OH is 3. The van der Waals surface area contributed by atoms with Crippen LogP contribution in [0.2, 0.25) is 0 Å². The van der Waals surface area contributed by atoms with E-state index in [-0.39, 0.29) is 5.65 Å². The van der Waals surface area contributed by atoms with Crippen molar-refractivity contribution in [3.63, 3.8) is 0 Å². The number of rotatable bonds is 5. The number of ether oxygens (including phenoxy) is 1. The highest BCUT2D eigenvalue weighted by Gasteiger charge is 2.48. The Kier molecular flexibility index (Phi) is 5.11. The Hall–Kier alpha value is -3.12. The Balaban J connectivity index is 1.64. The number of carbonyl (C=O) groups is 1. The van der Waals surface area contributed by atoms with Crippen LogP contribution in [0, 0.1) is 0 Å². The third-order valence-corrected chi connectivity index (χ3v) is 4.77. The lowest BCUT2D eigenvalue weighted by Crippen LogP contribution is -2.57. The van der Waals surface area contributed by atoms with Crippen LogP contribution < -0.4 is 5.32 Å². The fraction of sp³-hybridized carbons (Fsp3) is 0.333. The molecule has 0 spiro atoms. The van der Waals surface area contributed by atoms with Gasteiger partial charge in [0.25, 0.3) is 0 Å². The van der Waals surface area contributed by atoms with Crippen molar-refractivity contribution in [3.8, 4) is 0 Å². The summed E-state index contributed by atoms with van der Waals surface area (Å²) in [6.45, 7) is 0.494. The first-order valence-corrected chi connectivity index (χ1v) is 8.85. The molecule has 0 radical (unpaired) electrons. The number of carboxylic acid groups (broad SMARTS) is 1. The number of imidazole rings is 1. The Morgan fingerprint density at radius 3 is 2.55 bits per heavy atom. The van der Waals surface area contributed by atoms with Gasteiger partial charge in [-0.2, -0.15) is 0 Å². The number of carboxylic acids is 1. The normalized spacial score (nSPS) is 27.1. The van der Waals surface area contributed by atoms with Crippen LogP contribution in [0.5, 0.6) is 0 Å². The lowest BCUT2D eigenvalue weighted by molar-refractivity contribution is -0.246. The van der Waals surface area contributed by atoms with Gasteiger partial charge in [-0.1, -0.05) is 30.3 Å². The van der Waals surface area contributed by atoms with Gasteiger partial charge in [0.15, 0.2) is 29.3 Å². The zero-order chi connectivity index (χ0) is 20.5. The van der Waals surface area contributed by atoms with E-state index in [1.54, 1.807) is 0 Å². The molecule has 5 atom stereocenters. The zero-order valence-corrected chi connectivity index (χ0v) is 15.0. The minimum atomic E-state index is -1.77. The van der Waals surface area contributed by atoms with Crippen molar-refractivity contribution in [2.24, 2.45) is 0 Å². The average Bonchev–Trinajstić information content (AvgIpc) is 3.16. The summed E-state index contributed by atoms with van der Waals surface area (Å²) in [6, 6.07) is 9.66. The molecule has 11 heteroatoms. The summed E-state index contributed by atoms with van der Waals surface area (Å²) in [7, 11) is 0. The zero-order valence-electron chi connectivity index (χ0n) is 15.0.